The largest absolute Gasteiger partial charge is 0.374 e. The molecule has 0 bridgehead atoms. The van der Waals surface area contributed by atoms with E-state index in [1.165, 1.54) is 6.07 Å². The molecule has 0 amide bonds. The van der Waals surface area contributed by atoms with Crippen LogP contribution in [-0.4, -0.2) is 37.3 Å². The predicted molar refractivity (Wildman–Crippen MR) is 73.1 cm³/mol. The molecule has 1 fully saturated rings. The highest BCUT2D eigenvalue weighted by Crippen LogP contribution is 2.24. The summed E-state index contributed by atoms with van der Waals surface area (Å²) in [4.78, 5) is 10.5. The zero-order chi connectivity index (χ0) is 13.7. The van der Waals surface area contributed by atoms with E-state index in [-0.39, 0.29) is 18.4 Å². The number of nitro benzene ring substituents is 1. The fourth-order valence-electron chi connectivity index (χ4n) is 1.86. The molecule has 0 aliphatic carbocycles. The first-order valence-corrected chi connectivity index (χ1v) is 6.79. The summed E-state index contributed by atoms with van der Waals surface area (Å²) in [5.41, 5.74) is 0.633. The van der Waals surface area contributed by atoms with Gasteiger partial charge in [0.2, 0.25) is 0 Å². The molecule has 1 aliphatic rings. The summed E-state index contributed by atoms with van der Waals surface area (Å²) in [6, 6.07) is 4.95. The Morgan fingerprint density at radius 2 is 2.42 bits per heavy atom. The second kappa shape index (κ2) is 6.95. The quantitative estimate of drug-likeness (QED) is 0.659. The topological polar surface area (TPSA) is 73.6 Å². The van der Waals surface area contributed by atoms with Gasteiger partial charge in [0.15, 0.2) is 0 Å². The van der Waals surface area contributed by atoms with E-state index in [9.17, 15) is 10.1 Å². The van der Waals surface area contributed by atoms with Crippen molar-refractivity contribution in [3.05, 3.63) is 38.3 Å². The average Bonchev–Trinajstić information content (AvgIpc) is 2.41. The molecule has 104 valence electrons. The minimum Gasteiger partial charge on any atom is -0.374 e. The smallest absolute Gasteiger partial charge is 0.276 e. The first-order chi connectivity index (χ1) is 9.16. The number of hydrogen-bond donors (Lipinski definition) is 1. The highest BCUT2D eigenvalue weighted by atomic mass is 79.9. The monoisotopic (exact) mass is 330 g/mol. The zero-order valence-electron chi connectivity index (χ0n) is 10.3. The summed E-state index contributed by atoms with van der Waals surface area (Å²) in [6.45, 7) is 2.92. The molecule has 1 saturated heterocycles. The average molecular weight is 331 g/mol. The van der Waals surface area contributed by atoms with Crippen molar-refractivity contribution in [1.29, 1.82) is 0 Å². The van der Waals surface area contributed by atoms with Crippen LogP contribution in [0.25, 0.3) is 0 Å². The Hall–Kier alpha value is -1.02. The highest BCUT2D eigenvalue weighted by molar-refractivity contribution is 9.10. The SMILES string of the molecule is O=[N+]([O-])c1cc(Br)ccc1COCC1CNCCO1. The summed E-state index contributed by atoms with van der Waals surface area (Å²) < 4.78 is 11.7. The number of ether oxygens (including phenoxy) is 2. The maximum atomic E-state index is 10.9. The second-order valence-electron chi connectivity index (χ2n) is 4.24. The molecule has 0 saturated carbocycles. The molecular formula is C12H15BrN2O4. The summed E-state index contributed by atoms with van der Waals surface area (Å²) in [6.07, 6.45) is 0.0169. The molecule has 1 unspecified atom stereocenters. The number of halogens is 1. The van der Waals surface area contributed by atoms with Gasteiger partial charge in [0.1, 0.15) is 0 Å². The molecule has 1 heterocycles. The maximum absolute atomic E-state index is 10.9. The summed E-state index contributed by atoms with van der Waals surface area (Å²) in [5.74, 6) is 0. The lowest BCUT2D eigenvalue weighted by atomic mass is 10.2. The number of nitrogens with zero attached hydrogens (tertiary/aromatic N) is 1. The third kappa shape index (κ3) is 4.24. The first-order valence-electron chi connectivity index (χ1n) is 5.99. The molecule has 1 aromatic carbocycles. The molecule has 1 aromatic rings. The van der Waals surface area contributed by atoms with Crippen molar-refractivity contribution in [1.82, 2.24) is 5.32 Å². The van der Waals surface area contributed by atoms with Gasteiger partial charge in [-0.15, -0.1) is 0 Å². The lowest BCUT2D eigenvalue weighted by molar-refractivity contribution is -0.386. The Bertz CT molecular complexity index is 449. The van der Waals surface area contributed by atoms with Crippen LogP contribution in [0.5, 0.6) is 0 Å². The molecule has 0 aromatic heterocycles. The van der Waals surface area contributed by atoms with Crippen LogP contribution in [0.1, 0.15) is 5.56 Å². The number of hydrogen-bond acceptors (Lipinski definition) is 5. The standard InChI is InChI=1S/C12H15BrN2O4/c13-10-2-1-9(12(5-10)15(16)17)7-18-8-11-6-14-3-4-19-11/h1-2,5,11,14H,3-4,6-8H2. The lowest BCUT2D eigenvalue weighted by Gasteiger charge is -2.23. The molecule has 0 spiro atoms. The number of nitro groups is 1. The zero-order valence-corrected chi connectivity index (χ0v) is 11.9. The van der Waals surface area contributed by atoms with E-state index < -0.39 is 4.92 Å². The van der Waals surface area contributed by atoms with E-state index in [1.807, 2.05) is 0 Å². The Morgan fingerprint density at radius 3 is 3.11 bits per heavy atom. The van der Waals surface area contributed by atoms with Crippen LogP contribution >= 0.6 is 15.9 Å². The van der Waals surface area contributed by atoms with E-state index in [0.29, 0.717) is 23.2 Å². The van der Waals surface area contributed by atoms with Crippen LogP contribution in [0.4, 0.5) is 5.69 Å². The molecule has 1 aliphatic heterocycles. The molecule has 7 heteroatoms. The minimum absolute atomic E-state index is 0.0169. The third-order valence-electron chi connectivity index (χ3n) is 2.81. The van der Waals surface area contributed by atoms with Crippen LogP contribution in [0.3, 0.4) is 0 Å². The summed E-state index contributed by atoms with van der Waals surface area (Å²) in [5, 5.41) is 14.1. The van der Waals surface area contributed by atoms with Crippen molar-refractivity contribution >= 4 is 21.6 Å². The highest BCUT2D eigenvalue weighted by Gasteiger charge is 2.16. The van der Waals surface area contributed by atoms with E-state index in [2.05, 4.69) is 21.2 Å². The Labute approximate surface area is 119 Å². The van der Waals surface area contributed by atoms with Gasteiger partial charge in [0.25, 0.3) is 5.69 Å². The van der Waals surface area contributed by atoms with Gasteiger partial charge in [-0.2, -0.15) is 0 Å². The number of nitrogens with one attached hydrogen (secondary N) is 1. The lowest BCUT2D eigenvalue weighted by Crippen LogP contribution is -2.40. The van der Waals surface area contributed by atoms with Crippen LogP contribution in [0.15, 0.2) is 22.7 Å². The van der Waals surface area contributed by atoms with Crippen molar-refractivity contribution in [2.45, 2.75) is 12.7 Å². The van der Waals surface area contributed by atoms with Gasteiger partial charge < -0.3 is 14.8 Å². The molecule has 19 heavy (non-hydrogen) atoms. The number of morpholine rings is 1. The van der Waals surface area contributed by atoms with Gasteiger partial charge in [-0.25, -0.2) is 0 Å². The Balaban J connectivity index is 1.89. The molecule has 1 N–H and O–H groups in total. The molecule has 6 nitrogen and oxygen atoms in total. The second-order valence-corrected chi connectivity index (χ2v) is 5.16. The van der Waals surface area contributed by atoms with Gasteiger partial charge in [-0.1, -0.05) is 15.9 Å². The Morgan fingerprint density at radius 1 is 1.58 bits per heavy atom. The molecular weight excluding hydrogens is 316 g/mol. The van der Waals surface area contributed by atoms with Crippen molar-refractivity contribution < 1.29 is 14.4 Å². The van der Waals surface area contributed by atoms with E-state index in [1.54, 1.807) is 12.1 Å². The Kier molecular flexibility index (Phi) is 5.26. The van der Waals surface area contributed by atoms with Crippen LogP contribution in [-0.2, 0) is 16.1 Å². The molecule has 0 radical (unpaired) electrons. The summed E-state index contributed by atoms with van der Waals surface area (Å²) in [7, 11) is 0. The van der Waals surface area contributed by atoms with Gasteiger partial charge in [-0.3, -0.25) is 10.1 Å². The fraction of sp³-hybridized carbons (Fsp3) is 0.500. The first kappa shape index (κ1) is 14.4. The van der Waals surface area contributed by atoms with Gasteiger partial charge in [0, 0.05) is 23.6 Å². The van der Waals surface area contributed by atoms with Crippen LogP contribution < -0.4 is 5.32 Å². The fourth-order valence-corrected chi connectivity index (χ4v) is 2.21. The van der Waals surface area contributed by atoms with Gasteiger partial charge in [-0.05, 0) is 12.1 Å². The van der Waals surface area contributed by atoms with Crippen LogP contribution in [0, 0.1) is 10.1 Å². The number of rotatable bonds is 5. The predicted octanol–water partition coefficient (Wildman–Crippen LogP) is 1.86. The van der Waals surface area contributed by atoms with E-state index in [0.717, 1.165) is 13.1 Å². The van der Waals surface area contributed by atoms with Crippen molar-refractivity contribution in [3.8, 4) is 0 Å². The van der Waals surface area contributed by atoms with Crippen molar-refractivity contribution in [3.63, 3.8) is 0 Å². The molecule has 2 rings (SSSR count). The number of benzene rings is 1. The van der Waals surface area contributed by atoms with E-state index >= 15 is 0 Å². The maximum Gasteiger partial charge on any atom is 0.276 e. The van der Waals surface area contributed by atoms with E-state index in [4.69, 9.17) is 9.47 Å². The normalized spacial score (nSPS) is 19.3. The van der Waals surface area contributed by atoms with Crippen molar-refractivity contribution in [2.24, 2.45) is 0 Å². The van der Waals surface area contributed by atoms with Crippen molar-refractivity contribution in [2.75, 3.05) is 26.3 Å². The van der Waals surface area contributed by atoms with Gasteiger partial charge in [0.05, 0.1) is 36.4 Å². The summed E-state index contributed by atoms with van der Waals surface area (Å²) >= 11 is 3.22. The van der Waals surface area contributed by atoms with Crippen LogP contribution in [0.2, 0.25) is 0 Å². The third-order valence-corrected chi connectivity index (χ3v) is 3.30. The van der Waals surface area contributed by atoms with Gasteiger partial charge >= 0.3 is 0 Å². The molecule has 1 atom stereocenters. The minimum atomic E-state index is -0.401.